The molecule has 0 aromatic rings. The standard InChI is InChI=1S/C3H5ClO3.Al.Na.4H/c1-2(5)3(6)7-4;;;;;;/h2,5H,1H3;;;;;;/q;;+1;;;;-1. The van der Waals surface area contributed by atoms with Gasteiger partial charge in [-0.15, -0.1) is 0 Å². The topological polar surface area (TPSA) is 46.5 Å². The molecule has 0 fully saturated rings. The molecule has 0 aliphatic carbocycles. The third-order valence-corrected chi connectivity index (χ3v) is 0.569. The van der Waals surface area contributed by atoms with Crippen molar-refractivity contribution in [1.82, 2.24) is 0 Å². The summed E-state index contributed by atoms with van der Waals surface area (Å²) in [6.07, 6.45) is -1.13. The van der Waals surface area contributed by atoms with E-state index in [-0.39, 0.29) is 48.3 Å². The summed E-state index contributed by atoms with van der Waals surface area (Å²) in [6.45, 7) is 1.27. The molecule has 3 nitrogen and oxygen atoms in total. The summed E-state index contributed by atoms with van der Waals surface area (Å²) in [6, 6.07) is 0. The number of carbonyl (C=O) groups is 1. The average molecular weight is 179 g/mol. The average Bonchev–Trinajstić information content (AvgIpc) is 1.65. The van der Waals surface area contributed by atoms with E-state index in [0.29, 0.717) is 0 Å². The molecule has 9 heavy (non-hydrogen) atoms. The van der Waals surface area contributed by atoms with Crippen molar-refractivity contribution in [3.8, 4) is 0 Å². The predicted octanol–water partition coefficient (Wildman–Crippen LogP) is -4.00. The van der Waals surface area contributed by atoms with Crippen molar-refractivity contribution >= 4 is 35.2 Å². The van der Waals surface area contributed by atoms with Gasteiger partial charge in [-0.2, -0.15) is 0 Å². The maximum Gasteiger partial charge on any atom is 1.00 e. The Morgan fingerprint density at radius 3 is 2.22 bits per heavy atom. The Hall–Kier alpha value is 1.25. The van der Waals surface area contributed by atoms with Gasteiger partial charge in [0.2, 0.25) is 0 Å². The van der Waals surface area contributed by atoms with E-state index in [4.69, 9.17) is 5.11 Å². The fraction of sp³-hybridized carbons (Fsp3) is 0.667. The van der Waals surface area contributed by atoms with Crippen LogP contribution >= 0.6 is 11.9 Å². The molecule has 0 aliphatic heterocycles. The van der Waals surface area contributed by atoms with Gasteiger partial charge in [-0.3, -0.25) is 0 Å². The van der Waals surface area contributed by atoms with Gasteiger partial charge in [0.05, 0.1) is 0 Å². The molecule has 0 aliphatic rings. The molecule has 1 unspecified atom stereocenters. The fourth-order valence-corrected chi connectivity index (χ4v) is 0.193. The Balaban J connectivity index is -0.0000000600. The van der Waals surface area contributed by atoms with Crippen LogP contribution in [0.3, 0.4) is 0 Å². The normalized spacial score (nSPS) is 10.1. The Morgan fingerprint density at radius 2 is 2.22 bits per heavy atom. The second-order valence-corrected chi connectivity index (χ2v) is 1.23. The van der Waals surface area contributed by atoms with Crippen LogP contribution < -0.4 is 29.6 Å². The van der Waals surface area contributed by atoms with Crippen LogP contribution in [0.15, 0.2) is 0 Å². The molecule has 0 rings (SSSR count). The van der Waals surface area contributed by atoms with Crippen LogP contribution in [0.5, 0.6) is 0 Å². The van der Waals surface area contributed by atoms with Gasteiger partial charge in [0.25, 0.3) is 0 Å². The van der Waals surface area contributed by atoms with Crippen LogP contribution in [-0.4, -0.2) is 34.5 Å². The van der Waals surface area contributed by atoms with Crippen LogP contribution in [0.1, 0.15) is 8.35 Å². The second kappa shape index (κ2) is 9.25. The van der Waals surface area contributed by atoms with Crippen molar-refractivity contribution in [2.75, 3.05) is 0 Å². The summed E-state index contributed by atoms with van der Waals surface area (Å²) >= 11 is 4.54. The number of hydrogen-bond donors (Lipinski definition) is 1. The molecule has 0 aromatic carbocycles. The number of aliphatic hydroxyl groups excluding tert-OH is 1. The predicted molar refractivity (Wildman–Crippen MR) is 34.7 cm³/mol. The third-order valence-electron chi connectivity index (χ3n) is 0.417. The van der Waals surface area contributed by atoms with Gasteiger partial charge in [0.15, 0.2) is 17.4 Å². The third kappa shape index (κ3) is 9.25. The summed E-state index contributed by atoms with van der Waals surface area (Å²) in [5.74, 6) is -0.832. The summed E-state index contributed by atoms with van der Waals surface area (Å²) in [7, 11) is 0. The minimum atomic E-state index is -1.13. The van der Waals surface area contributed by atoms with Gasteiger partial charge in [-0.25, -0.2) is 4.79 Å². The largest absolute Gasteiger partial charge is 1.00 e. The molecule has 0 saturated carbocycles. The molecular formula is C3H9AlClNaO3. The van der Waals surface area contributed by atoms with Crippen molar-refractivity contribution in [3.05, 3.63) is 0 Å². The Morgan fingerprint density at radius 1 is 1.89 bits per heavy atom. The van der Waals surface area contributed by atoms with Gasteiger partial charge >= 0.3 is 35.5 Å². The number of hydrogen-bond acceptors (Lipinski definition) is 3. The first-order valence-electron chi connectivity index (χ1n) is 1.69. The first kappa shape index (κ1) is 16.7. The summed E-state index contributed by atoms with van der Waals surface area (Å²) in [4.78, 5) is 9.91. The van der Waals surface area contributed by atoms with E-state index >= 15 is 0 Å². The van der Waals surface area contributed by atoms with E-state index < -0.39 is 12.1 Å². The number of carbonyl (C=O) groups excluding carboxylic acids is 1. The van der Waals surface area contributed by atoms with Crippen LogP contribution in [0.4, 0.5) is 0 Å². The molecule has 0 aromatic heterocycles. The summed E-state index contributed by atoms with van der Waals surface area (Å²) in [5.41, 5.74) is 0. The van der Waals surface area contributed by atoms with Gasteiger partial charge in [0.1, 0.15) is 18.0 Å². The minimum absolute atomic E-state index is 0. The van der Waals surface area contributed by atoms with Crippen molar-refractivity contribution < 1.29 is 45.2 Å². The van der Waals surface area contributed by atoms with Crippen LogP contribution in [0.2, 0.25) is 0 Å². The van der Waals surface area contributed by atoms with Crippen LogP contribution in [0, 0.1) is 0 Å². The maximum atomic E-state index is 9.91. The van der Waals surface area contributed by atoms with Crippen LogP contribution in [0.25, 0.3) is 0 Å². The van der Waals surface area contributed by atoms with Crippen LogP contribution in [-0.2, 0) is 9.08 Å². The first-order valence-corrected chi connectivity index (χ1v) is 2.00. The molecular weight excluding hydrogens is 169 g/mol. The molecule has 0 spiro atoms. The van der Waals surface area contributed by atoms with Gasteiger partial charge < -0.3 is 10.8 Å². The van der Waals surface area contributed by atoms with E-state index in [1.54, 1.807) is 0 Å². The fourth-order valence-electron chi connectivity index (χ4n) is 0.0645. The molecule has 0 amide bonds. The summed E-state index contributed by atoms with van der Waals surface area (Å²) in [5, 5.41) is 8.26. The van der Waals surface area contributed by atoms with E-state index in [2.05, 4.69) is 16.2 Å². The van der Waals surface area contributed by atoms with Gasteiger partial charge in [-0.1, -0.05) is 0 Å². The Kier molecular flexibility index (Phi) is 17.2. The van der Waals surface area contributed by atoms with Crippen molar-refractivity contribution in [3.63, 3.8) is 0 Å². The molecule has 1 N–H and O–H groups in total. The molecule has 0 heterocycles. The smallest absolute Gasteiger partial charge is 1.00 e. The van der Waals surface area contributed by atoms with Crippen molar-refractivity contribution in [2.45, 2.75) is 13.0 Å². The summed E-state index contributed by atoms with van der Waals surface area (Å²) < 4.78 is 3.59. The number of halogens is 1. The SMILES string of the molecule is CC(O)C(=O)OCl.[AlH3].[H-].[Na+]. The monoisotopic (exact) mass is 178 g/mol. The Bertz CT molecular complexity index is 84.1. The molecule has 50 valence electrons. The molecule has 6 heteroatoms. The quantitative estimate of drug-likeness (QED) is 0.417. The number of rotatable bonds is 1. The van der Waals surface area contributed by atoms with Crippen molar-refractivity contribution in [2.24, 2.45) is 0 Å². The maximum absolute atomic E-state index is 9.91. The molecule has 0 bridgehead atoms. The molecule has 0 saturated heterocycles. The zero-order valence-electron chi connectivity index (χ0n) is 5.72. The molecule has 0 radical (unpaired) electrons. The second-order valence-electron chi connectivity index (χ2n) is 1.07. The van der Waals surface area contributed by atoms with E-state index in [1.165, 1.54) is 6.92 Å². The first-order chi connectivity index (χ1) is 3.18. The number of aliphatic hydroxyl groups is 1. The van der Waals surface area contributed by atoms with E-state index in [9.17, 15) is 4.79 Å². The van der Waals surface area contributed by atoms with E-state index in [0.717, 1.165) is 0 Å². The Labute approximate surface area is 92.8 Å². The minimum Gasteiger partial charge on any atom is -1.00 e. The van der Waals surface area contributed by atoms with Crippen molar-refractivity contribution in [1.29, 1.82) is 0 Å². The van der Waals surface area contributed by atoms with E-state index in [1.807, 2.05) is 0 Å². The van der Waals surface area contributed by atoms with Gasteiger partial charge in [0, 0.05) is 0 Å². The molecule has 1 atom stereocenters. The zero-order valence-corrected chi connectivity index (χ0v) is 7.47. The van der Waals surface area contributed by atoms with Gasteiger partial charge in [-0.05, 0) is 6.92 Å². The zero-order chi connectivity index (χ0) is 5.86.